The predicted octanol–water partition coefficient (Wildman–Crippen LogP) is 2.79. The molecule has 0 aromatic rings. The lowest BCUT2D eigenvalue weighted by Gasteiger charge is -2.60. The van der Waals surface area contributed by atoms with E-state index in [9.17, 15) is 0 Å². The van der Waals surface area contributed by atoms with Crippen LogP contribution in [0.5, 0.6) is 0 Å². The van der Waals surface area contributed by atoms with E-state index in [4.69, 9.17) is 5.73 Å². The quantitative estimate of drug-likeness (QED) is 0.753. The first kappa shape index (κ1) is 9.85. The maximum absolute atomic E-state index is 5.89. The van der Waals surface area contributed by atoms with Crippen molar-refractivity contribution >= 4 is 11.8 Å². The smallest absolute Gasteiger partial charge is 0.0292 e. The van der Waals surface area contributed by atoms with Crippen molar-refractivity contribution in [1.29, 1.82) is 0 Å². The monoisotopic (exact) mass is 199 g/mol. The number of rotatable bonds is 4. The number of hydrogen-bond donors (Lipinski definition) is 1. The maximum Gasteiger partial charge on any atom is 0.0292 e. The summed E-state index contributed by atoms with van der Waals surface area (Å²) in [6.45, 7) is 3.16. The van der Waals surface area contributed by atoms with Crippen LogP contribution >= 0.6 is 11.8 Å². The highest BCUT2D eigenvalue weighted by atomic mass is 32.2. The maximum atomic E-state index is 5.89. The zero-order valence-corrected chi connectivity index (χ0v) is 9.46. The molecule has 2 heteroatoms. The van der Waals surface area contributed by atoms with Crippen molar-refractivity contribution in [2.75, 3.05) is 12.3 Å². The molecular formula is C11H21NS. The van der Waals surface area contributed by atoms with Crippen LogP contribution in [-0.4, -0.2) is 17.0 Å². The fourth-order valence-corrected chi connectivity index (χ4v) is 4.54. The largest absolute Gasteiger partial charge is 0.329 e. The van der Waals surface area contributed by atoms with E-state index in [-0.39, 0.29) is 0 Å². The third-order valence-corrected chi connectivity index (χ3v) is 5.47. The average molecular weight is 199 g/mol. The van der Waals surface area contributed by atoms with E-state index in [0.717, 1.165) is 12.0 Å². The standard InChI is InChI=1S/C11H21NS/c1-2-6-13-11(9-12)7-10(8-11)4-3-5-10/h2-9,12H2,1H3. The van der Waals surface area contributed by atoms with Crippen LogP contribution in [0.4, 0.5) is 0 Å². The summed E-state index contributed by atoms with van der Waals surface area (Å²) in [4.78, 5) is 0. The van der Waals surface area contributed by atoms with Crippen LogP contribution in [0.1, 0.15) is 45.4 Å². The van der Waals surface area contributed by atoms with Crippen molar-refractivity contribution in [1.82, 2.24) is 0 Å². The molecule has 2 fully saturated rings. The van der Waals surface area contributed by atoms with Gasteiger partial charge in [0.2, 0.25) is 0 Å². The third kappa shape index (κ3) is 1.63. The SMILES string of the molecule is CCCSC1(CN)CC2(CCC2)C1. The first-order chi connectivity index (χ1) is 6.24. The van der Waals surface area contributed by atoms with Gasteiger partial charge in [0.25, 0.3) is 0 Å². The highest BCUT2D eigenvalue weighted by molar-refractivity contribution is 8.00. The minimum absolute atomic E-state index is 0.496. The Bertz CT molecular complexity index is 179. The minimum atomic E-state index is 0.496. The number of hydrogen-bond acceptors (Lipinski definition) is 2. The number of thioether (sulfide) groups is 1. The van der Waals surface area contributed by atoms with Crippen molar-refractivity contribution in [3.8, 4) is 0 Å². The molecular weight excluding hydrogens is 178 g/mol. The van der Waals surface area contributed by atoms with Crippen molar-refractivity contribution in [2.24, 2.45) is 11.1 Å². The predicted molar refractivity (Wildman–Crippen MR) is 60.1 cm³/mol. The van der Waals surface area contributed by atoms with Crippen molar-refractivity contribution in [3.05, 3.63) is 0 Å². The Morgan fingerprint density at radius 3 is 2.38 bits per heavy atom. The Balaban J connectivity index is 1.83. The molecule has 0 aromatic heterocycles. The lowest BCUT2D eigenvalue weighted by molar-refractivity contribution is -0.00138. The van der Waals surface area contributed by atoms with Gasteiger partial charge in [0.15, 0.2) is 0 Å². The normalized spacial score (nSPS) is 28.2. The molecule has 0 aliphatic heterocycles. The Morgan fingerprint density at radius 1 is 1.31 bits per heavy atom. The minimum Gasteiger partial charge on any atom is -0.329 e. The van der Waals surface area contributed by atoms with Gasteiger partial charge in [0.05, 0.1) is 0 Å². The van der Waals surface area contributed by atoms with E-state index in [0.29, 0.717) is 4.75 Å². The summed E-state index contributed by atoms with van der Waals surface area (Å²) < 4.78 is 0.496. The fourth-order valence-electron chi connectivity index (χ4n) is 2.97. The van der Waals surface area contributed by atoms with Gasteiger partial charge in [-0.2, -0.15) is 11.8 Å². The van der Waals surface area contributed by atoms with E-state index in [1.54, 1.807) is 0 Å². The van der Waals surface area contributed by atoms with Gasteiger partial charge in [-0.3, -0.25) is 0 Å². The van der Waals surface area contributed by atoms with Crippen LogP contribution in [0.3, 0.4) is 0 Å². The van der Waals surface area contributed by atoms with Gasteiger partial charge < -0.3 is 5.73 Å². The molecule has 2 rings (SSSR count). The molecule has 76 valence electrons. The average Bonchev–Trinajstić information content (AvgIpc) is 2.01. The number of nitrogens with two attached hydrogens (primary N) is 1. The molecule has 0 radical (unpaired) electrons. The van der Waals surface area contributed by atoms with Crippen LogP contribution in [0.25, 0.3) is 0 Å². The van der Waals surface area contributed by atoms with Crippen LogP contribution in [0.15, 0.2) is 0 Å². The Morgan fingerprint density at radius 2 is 2.00 bits per heavy atom. The van der Waals surface area contributed by atoms with E-state index in [1.165, 1.54) is 44.3 Å². The Labute approximate surface area is 85.8 Å². The summed E-state index contributed by atoms with van der Waals surface area (Å²) in [6.07, 6.45) is 8.57. The molecule has 0 amide bonds. The zero-order valence-electron chi connectivity index (χ0n) is 8.64. The topological polar surface area (TPSA) is 26.0 Å². The van der Waals surface area contributed by atoms with E-state index >= 15 is 0 Å². The molecule has 0 atom stereocenters. The second-order valence-electron chi connectivity index (χ2n) is 4.94. The highest BCUT2D eigenvalue weighted by Crippen LogP contribution is 2.64. The summed E-state index contributed by atoms with van der Waals surface area (Å²) in [5, 5.41) is 0. The van der Waals surface area contributed by atoms with Gasteiger partial charge in [0, 0.05) is 11.3 Å². The van der Waals surface area contributed by atoms with Gasteiger partial charge >= 0.3 is 0 Å². The van der Waals surface area contributed by atoms with E-state index in [2.05, 4.69) is 18.7 Å². The molecule has 0 unspecified atom stereocenters. The molecule has 2 aliphatic carbocycles. The van der Waals surface area contributed by atoms with Crippen molar-refractivity contribution < 1.29 is 0 Å². The summed E-state index contributed by atoms with van der Waals surface area (Å²) in [5.41, 5.74) is 6.67. The molecule has 13 heavy (non-hydrogen) atoms. The Hall–Kier alpha value is 0.310. The van der Waals surface area contributed by atoms with E-state index < -0.39 is 0 Å². The molecule has 2 aliphatic rings. The second-order valence-corrected chi connectivity index (χ2v) is 6.51. The molecule has 1 spiro atoms. The molecule has 0 aromatic carbocycles. The summed E-state index contributed by atoms with van der Waals surface area (Å²) in [5.74, 6) is 1.30. The second kappa shape index (κ2) is 3.47. The van der Waals surface area contributed by atoms with Gasteiger partial charge in [-0.15, -0.1) is 0 Å². The zero-order chi connectivity index (χ0) is 9.36. The highest BCUT2D eigenvalue weighted by Gasteiger charge is 2.56. The van der Waals surface area contributed by atoms with Crippen LogP contribution < -0.4 is 5.73 Å². The molecule has 1 nitrogen and oxygen atoms in total. The van der Waals surface area contributed by atoms with Gasteiger partial charge in [-0.25, -0.2) is 0 Å². The van der Waals surface area contributed by atoms with Crippen molar-refractivity contribution in [2.45, 2.75) is 50.2 Å². The lowest BCUT2D eigenvalue weighted by Crippen LogP contribution is -2.56. The molecule has 2 N–H and O–H groups in total. The van der Waals surface area contributed by atoms with Gasteiger partial charge in [-0.05, 0) is 43.3 Å². The third-order valence-electron chi connectivity index (χ3n) is 3.79. The summed E-state index contributed by atoms with van der Waals surface area (Å²) in [7, 11) is 0. The Kier molecular flexibility index (Phi) is 2.63. The van der Waals surface area contributed by atoms with Gasteiger partial charge in [0.1, 0.15) is 0 Å². The van der Waals surface area contributed by atoms with Gasteiger partial charge in [-0.1, -0.05) is 13.3 Å². The molecule has 2 saturated carbocycles. The summed E-state index contributed by atoms with van der Waals surface area (Å²) in [6, 6.07) is 0. The van der Waals surface area contributed by atoms with Crippen molar-refractivity contribution in [3.63, 3.8) is 0 Å². The molecule has 0 bridgehead atoms. The first-order valence-corrected chi connectivity index (χ1v) is 6.57. The fraction of sp³-hybridized carbons (Fsp3) is 1.00. The first-order valence-electron chi connectivity index (χ1n) is 5.58. The van der Waals surface area contributed by atoms with E-state index in [1.807, 2.05) is 0 Å². The summed E-state index contributed by atoms with van der Waals surface area (Å²) >= 11 is 2.14. The molecule has 0 heterocycles. The molecule has 0 saturated heterocycles. The van der Waals surface area contributed by atoms with Crippen LogP contribution in [0.2, 0.25) is 0 Å². The van der Waals surface area contributed by atoms with Crippen LogP contribution in [0, 0.1) is 5.41 Å². The lowest BCUT2D eigenvalue weighted by atomic mass is 9.51. The van der Waals surface area contributed by atoms with Crippen LogP contribution in [-0.2, 0) is 0 Å².